The fourth-order valence-corrected chi connectivity index (χ4v) is 0.625. The quantitative estimate of drug-likeness (QED) is 0.505. The third-order valence-corrected chi connectivity index (χ3v) is 1.04. The second kappa shape index (κ2) is 2.98. The molecule has 0 aromatic carbocycles. The summed E-state index contributed by atoms with van der Waals surface area (Å²) in [6, 6.07) is -0.972. The van der Waals surface area contributed by atoms with Crippen LogP contribution in [0.2, 0.25) is 0 Å². The van der Waals surface area contributed by atoms with Crippen LogP contribution in [0.5, 0.6) is 0 Å². The highest BCUT2D eigenvalue weighted by Crippen LogP contribution is 2.08. The zero-order chi connectivity index (χ0) is 8.36. The van der Waals surface area contributed by atoms with Gasteiger partial charge in [0.15, 0.2) is 0 Å². The predicted octanol–water partition coefficient (Wildman–Crippen LogP) is -0.441. The first-order valence-electron chi connectivity index (χ1n) is 3.04. The summed E-state index contributed by atoms with van der Waals surface area (Å²) in [5, 5.41) is 17.4. The van der Waals surface area contributed by atoms with Gasteiger partial charge >= 0.3 is 5.97 Å². The van der Waals surface area contributed by atoms with E-state index >= 15 is 0 Å². The third kappa shape index (κ3) is 4.29. The molecule has 0 fully saturated rings. The van der Waals surface area contributed by atoms with Gasteiger partial charge in [-0.3, -0.25) is 4.79 Å². The van der Waals surface area contributed by atoms with E-state index in [0.717, 1.165) is 0 Å². The van der Waals surface area contributed by atoms with Crippen LogP contribution < -0.4 is 5.73 Å². The summed E-state index contributed by atoms with van der Waals surface area (Å²) in [5.41, 5.74) is 4.14. The van der Waals surface area contributed by atoms with E-state index in [1.807, 2.05) is 0 Å². The summed E-state index contributed by atoms with van der Waals surface area (Å²) in [4.78, 5) is 10.1. The zero-order valence-corrected chi connectivity index (χ0v) is 6.16. The average Bonchev–Trinajstić information content (AvgIpc) is 1.60. The predicted molar refractivity (Wildman–Crippen MR) is 36.5 cm³/mol. The van der Waals surface area contributed by atoms with Gasteiger partial charge in [-0.15, -0.1) is 0 Å². The molecular weight excluding hydrogens is 134 g/mol. The van der Waals surface area contributed by atoms with Gasteiger partial charge in [0.1, 0.15) is 6.04 Å². The molecule has 0 spiro atoms. The van der Waals surface area contributed by atoms with Gasteiger partial charge in [-0.05, 0) is 13.8 Å². The van der Waals surface area contributed by atoms with E-state index in [4.69, 9.17) is 15.9 Å². The Labute approximate surface area is 59.7 Å². The molecule has 0 radical (unpaired) electrons. The molecule has 60 valence electrons. The fraction of sp³-hybridized carbons (Fsp3) is 0.833. The van der Waals surface area contributed by atoms with Crippen molar-refractivity contribution in [2.24, 2.45) is 5.73 Å². The average molecular weight is 147 g/mol. The van der Waals surface area contributed by atoms with Crippen molar-refractivity contribution in [3.05, 3.63) is 0 Å². The normalized spacial score (nSPS) is 14.8. The molecule has 1 atom stereocenters. The molecule has 0 saturated carbocycles. The number of carboxylic acids is 1. The molecule has 0 saturated heterocycles. The largest absolute Gasteiger partial charge is 0.480 e. The van der Waals surface area contributed by atoms with E-state index in [1.54, 1.807) is 0 Å². The van der Waals surface area contributed by atoms with Crippen molar-refractivity contribution >= 4 is 5.97 Å². The minimum absolute atomic E-state index is 0.0718. The zero-order valence-electron chi connectivity index (χ0n) is 6.16. The topological polar surface area (TPSA) is 83.5 Å². The lowest BCUT2D eigenvalue weighted by molar-refractivity contribution is -0.140. The van der Waals surface area contributed by atoms with E-state index in [1.165, 1.54) is 13.8 Å². The van der Waals surface area contributed by atoms with Crippen LogP contribution in [-0.4, -0.2) is 27.8 Å². The number of aliphatic carboxylic acids is 1. The van der Waals surface area contributed by atoms with Crippen molar-refractivity contribution in [1.29, 1.82) is 0 Å². The smallest absolute Gasteiger partial charge is 0.320 e. The number of nitrogens with two attached hydrogens (primary N) is 1. The maximum atomic E-state index is 10.1. The van der Waals surface area contributed by atoms with Crippen LogP contribution in [-0.2, 0) is 4.79 Å². The molecule has 0 aromatic rings. The number of carboxylic acid groups (broad SMARTS) is 1. The van der Waals surface area contributed by atoms with Crippen LogP contribution in [0.25, 0.3) is 0 Å². The Morgan fingerprint density at radius 1 is 1.70 bits per heavy atom. The molecule has 10 heavy (non-hydrogen) atoms. The van der Waals surface area contributed by atoms with Crippen molar-refractivity contribution in [3.63, 3.8) is 0 Å². The summed E-state index contributed by atoms with van der Waals surface area (Å²) in [6.45, 7) is 3.05. The lowest BCUT2D eigenvalue weighted by atomic mass is 10.0. The summed E-state index contributed by atoms with van der Waals surface area (Å²) < 4.78 is 0. The van der Waals surface area contributed by atoms with E-state index in [-0.39, 0.29) is 6.42 Å². The van der Waals surface area contributed by atoms with Crippen molar-refractivity contribution < 1.29 is 15.0 Å². The Hall–Kier alpha value is -0.610. The molecule has 0 bridgehead atoms. The molecule has 0 aliphatic rings. The van der Waals surface area contributed by atoms with Gasteiger partial charge in [-0.1, -0.05) is 0 Å². The summed E-state index contributed by atoms with van der Waals surface area (Å²) >= 11 is 0. The van der Waals surface area contributed by atoms with E-state index < -0.39 is 17.6 Å². The minimum Gasteiger partial charge on any atom is -0.480 e. The molecule has 0 aliphatic carbocycles. The highest BCUT2D eigenvalue weighted by atomic mass is 16.4. The van der Waals surface area contributed by atoms with Gasteiger partial charge in [0.05, 0.1) is 5.60 Å². The third-order valence-electron chi connectivity index (χ3n) is 1.04. The number of rotatable bonds is 3. The second-order valence-electron chi connectivity index (χ2n) is 2.96. The van der Waals surface area contributed by atoms with Crippen LogP contribution in [0.1, 0.15) is 20.3 Å². The van der Waals surface area contributed by atoms with Gasteiger partial charge in [-0.25, -0.2) is 0 Å². The van der Waals surface area contributed by atoms with Crippen LogP contribution in [0.4, 0.5) is 0 Å². The van der Waals surface area contributed by atoms with Gasteiger partial charge < -0.3 is 15.9 Å². The van der Waals surface area contributed by atoms with Gasteiger partial charge in [0.2, 0.25) is 0 Å². The van der Waals surface area contributed by atoms with Crippen LogP contribution in [0.15, 0.2) is 0 Å². The highest BCUT2D eigenvalue weighted by Gasteiger charge is 2.21. The standard InChI is InChI=1S/C6H13NO3/c1-6(2,10)3-4(7)5(8)9/h4,10H,3,7H2,1-2H3,(H,8,9)/t4-/m0/s1. The molecule has 4 nitrogen and oxygen atoms in total. The number of hydrogen-bond acceptors (Lipinski definition) is 3. The summed E-state index contributed by atoms with van der Waals surface area (Å²) in [6.07, 6.45) is 0.0718. The Kier molecular flexibility index (Phi) is 2.80. The van der Waals surface area contributed by atoms with Crippen LogP contribution >= 0.6 is 0 Å². The Morgan fingerprint density at radius 3 is 2.20 bits per heavy atom. The summed E-state index contributed by atoms with van der Waals surface area (Å²) in [5.74, 6) is -1.08. The van der Waals surface area contributed by atoms with Crippen molar-refractivity contribution in [2.45, 2.75) is 31.9 Å². The first kappa shape index (κ1) is 9.39. The molecule has 0 aromatic heterocycles. The summed E-state index contributed by atoms with van der Waals surface area (Å²) in [7, 11) is 0. The molecular formula is C6H13NO3. The lowest BCUT2D eigenvalue weighted by Gasteiger charge is -2.18. The highest BCUT2D eigenvalue weighted by molar-refractivity contribution is 5.73. The van der Waals surface area contributed by atoms with Crippen molar-refractivity contribution in [3.8, 4) is 0 Å². The lowest BCUT2D eigenvalue weighted by Crippen LogP contribution is -2.37. The van der Waals surface area contributed by atoms with Crippen LogP contribution in [0, 0.1) is 0 Å². The van der Waals surface area contributed by atoms with E-state index in [0.29, 0.717) is 0 Å². The number of hydrogen-bond donors (Lipinski definition) is 3. The van der Waals surface area contributed by atoms with Crippen molar-refractivity contribution in [2.75, 3.05) is 0 Å². The molecule has 4 N–H and O–H groups in total. The van der Waals surface area contributed by atoms with E-state index in [9.17, 15) is 4.79 Å². The van der Waals surface area contributed by atoms with Crippen LogP contribution in [0.3, 0.4) is 0 Å². The Balaban J connectivity index is 3.80. The fourth-order valence-electron chi connectivity index (χ4n) is 0.625. The first-order chi connectivity index (χ1) is 4.33. The Morgan fingerprint density at radius 2 is 2.10 bits per heavy atom. The number of aliphatic hydroxyl groups is 1. The second-order valence-corrected chi connectivity index (χ2v) is 2.96. The van der Waals surface area contributed by atoms with Crippen molar-refractivity contribution in [1.82, 2.24) is 0 Å². The maximum absolute atomic E-state index is 10.1. The van der Waals surface area contributed by atoms with Gasteiger partial charge in [0.25, 0.3) is 0 Å². The molecule has 0 rings (SSSR count). The molecule has 4 heteroatoms. The monoisotopic (exact) mass is 147 g/mol. The SMILES string of the molecule is CC(C)(O)C[C@H](N)C(=O)O. The molecule has 0 unspecified atom stereocenters. The minimum atomic E-state index is -1.08. The molecule has 0 heterocycles. The van der Waals surface area contributed by atoms with Gasteiger partial charge in [0, 0.05) is 6.42 Å². The number of carbonyl (C=O) groups is 1. The van der Waals surface area contributed by atoms with E-state index in [2.05, 4.69) is 0 Å². The maximum Gasteiger partial charge on any atom is 0.320 e. The molecule has 0 amide bonds. The Bertz CT molecular complexity index is 127. The first-order valence-corrected chi connectivity index (χ1v) is 3.04. The molecule has 0 aliphatic heterocycles. The van der Waals surface area contributed by atoms with Gasteiger partial charge in [-0.2, -0.15) is 0 Å².